The van der Waals surface area contributed by atoms with Crippen LogP contribution < -0.4 is 0 Å². The van der Waals surface area contributed by atoms with Gasteiger partial charge in [-0.1, -0.05) is 36.7 Å². The number of hydrogen-bond donors (Lipinski definition) is 0. The quantitative estimate of drug-likeness (QED) is 0.781. The zero-order valence-corrected chi connectivity index (χ0v) is 16.4. The van der Waals surface area contributed by atoms with Gasteiger partial charge in [0.05, 0.1) is 5.92 Å². The summed E-state index contributed by atoms with van der Waals surface area (Å²) in [4.78, 5) is 29.3. The number of rotatable bonds is 5. The first-order valence-electron chi connectivity index (χ1n) is 9.91. The first-order valence-corrected chi connectivity index (χ1v) is 10.3. The minimum atomic E-state index is -0.0450. The summed E-state index contributed by atoms with van der Waals surface area (Å²) >= 11 is 6.31. The van der Waals surface area contributed by atoms with E-state index in [0.717, 1.165) is 62.2 Å². The summed E-state index contributed by atoms with van der Waals surface area (Å²) in [5, 5.41) is 0.779. The Kier molecular flexibility index (Phi) is 6.58. The number of halogens is 1. The molecule has 0 saturated carbocycles. The molecule has 142 valence electrons. The Balaban J connectivity index is 1.64. The van der Waals surface area contributed by atoms with Gasteiger partial charge in [0.15, 0.2) is 0 Å². The van der Waals surface area contributed by atoms with Crippen LogP contribution in [0.3, 0.4) is 0 Å². The molecule has 2 saturated heterocycles. The molecular formula is C21H29ClN2O2. The van der Waals surface area contributed by atoms with Crippen molar-refractivity contribution in [1.82, 2.24) is 9.80 Å². The van der Waals surface area contributed by atoms with E-state index in [4.69, 9.17) is 11.6 Å². The van der Waals surface area contributed by atoms with E-state index in [2.05, 4.69) is 11.0 Å². The van der Waals surface area contributed by atoms with Crippen molar-refractivity contribution < 1.29 is 9.59 Å². The number of piperidine rings is 1. The molecule has 0 spiro atoms. The Morgan fingerprint density at radius 1 is 1.15 bits per heavy atom. The highest BCUT2D eigenvalue weighted by atomic mass is 35.5. The third kappa shape index (κ3) is 4.40. The molecule has 5 heteroatoms. The fourth-order valence-electron chi connectivity index (χ4n) is 4.27. The summed E-state index contributed by atoms with van der Waals surface area (Å²) in [6.45, 7) is 4.24. The van der Waals surface area contributed by atoms with Gasteiger partial charge in [-0.2, -0.15) is 0 Å². The summed E-state index contributed by atoms with van der Waals surface area (Å²) in [6.07, 6.45) is 6.16. The number of nitrogens with zero attached hydrogens (tertiary/aromatic N) is 2. The monoisotopic (exact) mass is 376 g/mol. The zero-order valence-electron chi connectivity index (χ0n) is 15.6. The largest absolute Gasteiger partial charge is 0.342 e. The van der Waals surface area contributed by atoms with Crippen molar-refractivity contribution in [2.24, 2.45) is 5.92 Å². The number of carbonyl (C=O) groups is 2. The van der Waals surface area contributed by atoms with E-state index >= 15 is 0 Å². The molecule has 4 nitrogen and oxygen atoms in total. The third-order valence-corrected chi connectivity index (χ3v) is 6.03. The van der Waals surface area contributed by atoms with Gasteiger partial charge in [0.1, 0.15) is 0 Å². The molecule has 26 heavy (non-hydrogen) atoms. The van der Waals surface area contributed by atoms with E-state index in [9.17, 15) is 9.59 Å². The van der Waals surface area contributed by atoms with Crippen LogP contribution in [0, 0.1) is 5.92 Å². The molecule has 0 bridgehead atoms. The van der Waals surface area contributed by atoms with Crippen molar-refractivity contribution in [3.8, 4) is 0 Å². The molecule has 3 rings (SSSR count). The first-order chi connectivity index (χ1) is 12.6. The average molecular weight is 377 g/mol. The lowest BCUT2D eigenvalue weighted by atomic mass is 9.95. The topological polar surface area (TPSA) is 40.6 Å². The third-order valence-electron chi connectivity index (χ3n) is 5.66. The molecule has 2 amide bonds. The Labute approximate surface area is 161 Å². The standard InChI is InChI=1S/C21H29ClN2O2/c1-2-7-20(25)23-12-5-9-17(15-23)21(26)24-13-6-10-18(24)14-16-8-3-4-11-19(16)22/h3-4,8,11,17-18H,2,5-7,9-10,12-15H2,1H3. The Hall–Kier alpha value is -1.55. The summed E-state index contributed by atoms with van der Waals surface area (Å²) in [5.74, 6) is 0.379. The predicted molar refractivity (Wildman–Crippen MR) is 104 cm³/mol. The van der Waals surface area contributed by atoms with Crippen LogP contribution in [0.4, 0.5) is 0 Å². The molecule has 2 atom stereocenters. The summed E-state index contributed by atoms with van der Waals surface area (Å²) < 4.78 is 0. The average Bonchev–Trinajstić information content (AvgIpc) is 3.11. The van der Waals surface area contributed by atoms with Gasteiger partial charge in [0.25, 0.3) is 0 Å². The lowest BCUT2D eigenvalue weighted by Crippen LogP contribution is -2.48. The van der Waals surface area contributed by atoms with Gasteiger partial charge in [-0.05, 0) is 50.2 Å². The molecule has 2 unspecified atom stereocenters. The normalized spacial score (nSPS) is 23.3. The van der Waals surface area contributed by atoms with Gasteiger partial charge in [-0.25, -0.2) is 0 Å². The van der Waals surface area contributed by atoms with E-state index in [1.54, 1.807) is 0 Å². The number of carbonyl (C=O) groups excluding carboxylic acids is 2. The van der Waals surface area contributed by atoms with E-state index in [1.165, 1.54) is 0 Å². The smallest absolute Gasteiger partial charge is 0.227 e. The maximum absolute atomic E-state index is 13.2. The lowest BCUT2D eigenvalue weighted by Gasteiger charge is -2.36. The van der Waals surface area contributed by atoms with Crippen LogP contribution in [0.2, 0.25) is 5.02 Å². The van der Waals surface area contributed by atoms with Crippen LogP contribution in [0.1, 0.15) is 51.0 Å². The van der Waals surface area contributed by atoms with E-state index < -0.39 is 0 Å². The molecular weight excluding hydrogens is 348 g/mol. The second-order valence-corrected chi connectivity index (χ2v) is 7.96. The number of amides is 2. The highest BCUT2D eigenvalue weighted by molar-refractivity contribution is 6.31. The van der Waals surface area contributed by atoms with Gasteiger partial charge in [0.2, 0.25) is 11.8 Å². The fourth-order valence-corrected chi connectivity index (χ4v) is 4.48. The molecule has 2 aliphatic rings. The van der Waals surface area contributed by atoms with Crippen LogP contribution in [-0.2, 0) is 16.0 Å². The predicted octanol–water partition coefficient (Wildman–Crippen LogP) is 3.91. The summed E-state index contributed by atoms with van der Waals surface area (Å²) in [5.41, 5.74) is 1.11. The first kappa shape index (κ1) is 19.2. The van der Waals surface area contributed by atoms with E-state index in [1.807, 2.05) is 30.0 Å². The molecule has 0 N–H and O–H groups in total. The van der Waals surface area contributed by atoms with Crippen LogP contribution in [-0.4, -0.2) is 47.3 Å². The minimum Gasteiger partial charge on any atom is -0.342 e. The molecule has 1 aromatic carbocycles. The zero-order chi connectivity index (χ0) is 18.5. The van der Waals surface area contributed by atoms with E-state index in [0.29, 0.717) is 13.0 Å². The molecule has 2 fully saturated rings. The Morgan fingerprint density at radius 3 is 2.69 bits per heavy atom. The lowest BCUT2D eigenvalue weighted by molar-refractivity contribution is -0.141. The molecule has 0 aliphatic carbocycles. The second-order valence-electron chi connectivity index (χ2n) is 7.55. The number of benzene rings is 1. The maximum atomic E-state index is 13.2. The molecule has 1 aromatic rings. The summed E-state index contributed by atoms with van der Waals surface area (Å²) in [7, 11) is 0. The van der Waals surface area contributed by atoms with Crippen molar-refractivity contribution in [2.75, 3.05) is 19.6 Å². The second kappa shape index (κ2) is 8.90. The fraction of sp³-hybridized carbons (Fsp3) is 0.619. The summed E-state index contributed by atoms with van der Waals surface area (Å²) in [6, 6.07) is 8.13. The molecule has 2 heterocycles. The SMILES string of the molecule is CCCC(=O)N1CCCC(C(=O)N2CCCC2Cc2ccccc2Cl)C1. The van der Waals surface area contributed by atoms with Gasteiger partial charge >= 0.3 is 0 Å². The minimum absolute atomic E-state index is 0.0450. The number of hydrogen-bond acceptors (Lipinski definition) is 2. The van der Waals surface area contributed by atoms with Crippen LogP contribution in [0.15, 0.2) is 24.3 Å². The van der Waals surface area contributed by atoms with Crippen molar-refractivity contribution in [3.05, 3.63) is 34.9 Å². The van der Waals surface area contributed by atoms with Crippen LogP contribution >= 0.6 is 11.6 Å². The van der Waals surface area contributed by atoms with Crippen LogP contribution in [0.25, 0.3) is 0 Å². The Bertz CT molecular complexity index is 649. The number of likely N-dealkylation sites (tertiary alicyclic amines) is 2. The molecule has 0 radical (unpaired) electrons. The Morgan fingerprint density at radius 2 is 1.92 bits per heavy atom. The van der Waals surface area contributed by atoms with Gasteiger partial charge in [0, 0.05) is 37.1 Å². The maximum Gasteiger partial charge on any atom is 0.227 e. The van der Waals surface area contributed by atoms with Gasteiger partial charge in [-0.3, -0.25) is 9.59 Å². The van der Waals surface area contributed by atoms with Crippen molar-refractivity contribution in [2.45, 2.75) is 57.9 Å². The van der Waals surface area contributed by atoms with Gasteiger partial charge < -0.3 is 9.80 Å². The van der Waals surface area contributed by atoms with Crippen molar-refractivity contribution >= 4 is 23.4 Å². The van der Waals surface area contributed by atoms with Crippen molar-refractivity contribution in [1.29, 1.82) is 0 Å². The molecule has 0 aromatic heterocycles. The highest BCUT2D eigenvalue weighted by Gasteiger charge is 2.36. The highest BCUT2D eigenvalue weighted by Crippen LogP contribution is 2.28. The van der Waals surface area contributed by atoms with Crippen LogP contribution in [0.5, 0.6) is 0 Å². The van der Waals surface area contributed by atoms with Gasteiger partial charge in [-0.15, -0.1) is 0 Å². The van der Waals surface area contributed by atoms with E-state index in [-0.39, 0.29) is 23.8 Å². The molecule has 2 aliphatic heterocycles. The van der Waals surface area contributed by atoms with Crippen molar-refractivity contribution in [3.63, 3.8) is 0 Å².